The molecule has 0 unspecified atom stereocenters. The lowest BCUT2D eigenvalue weighted by Gasteiger charge is -2.32. The average Bonchev–Trinajstić information content (AvgIpc) is 3.09. The van der Waals surface area contributed by atoms with Crippen molar-refractivity contribution in [3.8, 4) is 11.5 Å². The number of imide groups is 1. The zero-order valence-electron chi connectivity index (χ0n) is 18.7. The van der Waals surface area contributed by atoms with E-state index in [-0.39, 0.29) is 11.3 Å². The van der Waals surface area contributed by atoms with Crippen LogP contribution in [0.15, 0.2) is 48.2 Å². The molecule has 0 aromatic heterocycles. The minimum Gasteiger partial charge on any atom is -0.497 e. The molecule has 9 nitrogen and oxygen atoms in total. The summed E-state index contributed by atoms with van der Waals surface area (Å²) in [4.78, 5) is 41.0. The van der Waals surface area contributed by atoms with Gasteiger partial charge in [-0.25, -0.2) is 4.90 Å². The normalized spacial score (nSPS) is 17.1. The van der Waals surface area contributed by atoms with E-state index in [0.717, 1.165) is 17.7 Å². The van der Waals surface area contributed by atoms with Gasteiger partial charge in [-0.05, 0) is 48.6 Å². The maximum atomic E-state index is 13.7. The minimum absolute atomic E-state index is 0.0850. The number of carbonyl (C=O) groups excluding carboxylic acids is 2. The fourth-order valence-electron chi connectivity index (χ4n) is 4.24. The van der Waals surface area contributed by atoms with Crippen LogP contribution in [0.5, 0.6) is 11.5 Å². The highest BCUT2D eigenvalue weighted by molar-refractivity contribution is 6.45. The zero-order chi connectivity index (χ0) is 23.7. The Hall–Kier alpha value is -3.88. The lowest BCUT2D eigenvalue weighted by atomic mass is 9.97. The summed E-state index contributed by atoms with van der Waals surface area (Å²) in [6.45, 7) is 3.47. The first-order valence-corrected chi connectivity index (χ1v) is 10.7. The SMILES string of the molecule is COc1ccc(N2C(=O)C(c3ccc([N+](=O)[O-])cc3)=C(N3CCC(C)CC3)C2=O)c(OC)c1. The fraction of sp³-hybridized carbons (Fsp3) is 0.333. The number of likely N-dealkylation sites (tertiary alicyclic amines) is 1. The number of nitro benzene ring substituents is 1. The van der Waals surface area contributed by atoms with E-state index < -0.39 is 16.7 Å². The second-order valence-electron chi connectivity index (χ2n) is 8.18. The molecule has 0 saturated carbocycles. The summed E-state index contributed by atoms with van der Waals surface area (Å²) in [5.74, 6) is 0.461. The van der Waals surface area contributed by atoms with Gasteiger partial charge in [0, 0.05) is 31.3 Å². The van der Waals surface area contributed by atoms with Gasteiger partial charge in [0.15, 0.2) is 0 Å². The average molecular weight is 451 g/mol. The molecule has 2 aromatic carbocycles. The van der Waals surface area contributed by atoms with Crippen LogP contribution >= 0.6 is 0 Å². The van der Waals surface area contributed by atoms with Gasteiger partial charge < -0.3 is 14.4 Å². The van der Waals surface area contributed by atoms with Crippen molar-refractivity contribution in [2.24, 2.45) is 5.92 Å². The first-order chi connectivity index (χ1) is 15.8. The van der Waals surface area contributed by atoms with Crippen LogP contribution in [0, 0.1) is 16.0 Å². The molecule has 2 amide bonds. The fourth-order valence-corrected chi connectivity index (χ4v) is 4.24. The van der Waals surface area contributed by atoms with Crippen LogP contribution in [0.4, 0.5) is 11.4 Å². The van der Waals surface area contributed by atoms with E-state index in [0.29, 0.717) is 47.5 Å². The molecule has 0 aliphatic carbocycles. The molecular weight excluding hydrogens is 426 g/mol. The van der Waals surface area contributed by atoms with E-state index in [1.165, 1.54) is 38.5 Å². The van der Waals surface area contributed by atoms with E-state index in [1.807, 2.05) is 4.90 Å². The largest absolute Gasteiger partial charge is 0.497 e. The Morgan fingerprint density at radius 2 is 1.64 bits per heavy atom. The van der Waals surface area contributed by atoms with E-state index >= 15 is 0 Å². The zero-order valence-corrected chi connectivity index (χ0v) is 18.7. The second kappa shape index (κ2) is 8.93. The first kappa shape index (κ1) is 22.3. The smallest absolute Gasteiger partial charge is 0.282 e. The highest BCUT2D eigenvalue weighted by Crippen LogP contribution is 2.41. The Morgan fingerprint density at radius 1 is 0.970 bits per heavy atom. The molecule has 2 aliphatic heterocycles. The molecule has 1 fully saturated rings. The Kier molecular flexibility index (Phi) is 6.04. The van der Waals surface area contributed by atoms with Gasteiger partial charge in [-0.3, -0.25) is 19.7 Å². The molecule has 2 heterocycles. The summed E-state index contributed by atoms with van der Waals surface area (Å²) >= 11 is 0. The summed E-state index contributed by atoms with van der Waals surface area (Å²) in [6, 6.07) is 10.6. The van der Waals surface area contributed by atoms with Gasteiger partial charge in [-0.15, -0.1) is 0 Å². The van der Waals surface area contributed by atoms with Crippen molar-refractivity contribution < 1.29 is 24.0 Å². The van der Waals surface area contributed by atoms with Gasteiger partial charge in [0.1, 0.15) is 17.2 Å². The topological polar surface area (TPSA) is 102 Å². The third kappa shape index (κ3) is 4.02. The molecule has 2 aromatic rings. The van der Waals surface area contributed by atoms with E-state index in [2.05, 4.69) is 6.92 Å². The summed E-state index contributed by atoms with van der Waals surface area (Å²) in [6.07, 6.45) is 1.81. The molecule has 172 valence electrons. The molecular formula is C24H25N3O6. The predicted molar refractivity (Wildman–Crippen MR) is 122 cm³/mol. The van der Waals surface area contributed by atoms with Crippen molar-refractivity contribution in [1.82, 2.24) is 4.90 Å². The van der Waals surface area contributed by atoms with Crippen molar-refractivity contribution in [1.29, 1.82) is 0 Å². The second-order valence-corrected chi connectivity index (χ2v) is 8.18. The number of hydrogen-bond acceptors (Lipinski definition) is 7. The van der Waals surface area contributed by atoms with E-state index in [9.17, 15) is 19.7 Å². The monoisotopic (exact) mass is 451 g/mol. The molecule has 0 atom stereocenters. The van der Waals surface area contributed by atoms with Crippen LogP contribution in [0.2, 0.25) is 0 Å². The number of carbonyl (C=O) groups is 2. The number of benzene rings is 2. The third-order valence-electron chi connectivity index (χ3n) is 6.15. The maximum absolute atomic E-state index is 13.7. The molecule has 33 heavy (non-hydrogen) atoms. The number of anilines is 1. The Bertz CT molecular complexity index is 1130. The number of non-ortho nitro benzene ring substituents is 1. The van der Waals surface area contributed by atoms with E-state index in [4.69, 9.17) is 9.47 Å². The van der Waals surface area contributed by atoms with Crippen LogP contribution < -0.4 is 14.4 Å². The quantitative estimate of drug-likeness (QED) is 0.375. The molecule has 0 N–H and O–H groups in total. The van der Waals surface area contributed by atoms with Gasteiger partial charge >= 0.3 is 0 Å². The summed E-state index contributed by atoms with van der Waals surface area (Å²) in [5, 5.41) is 11.1. The molecule has 4 rings (SSSR count). The van der Waals surface area contributed by atoms with Crippen LogP contribution in [-0.2, 0) is 9.59 Å². The Labute approximate surface area is 191 Å². The summed E-state index contributed by atoms with van der Waals surface area (Å²) < 4.78 is 10.7. The van der Waals surface area contributed by atoms with Crippen LogP contribution in [0.3, 0.4) is 0 Å². The van der Waals surface area contributed by atoms with Crippen molar-refractivity contribution in [2.45, 2.75) is 19.8 Å². The molecule has 2 aliphatic rings. The number of piperidine rings is 1. The van der Waals surface area contributed by atoms with Crippen LogP contribution in [-0.4, -0.2) is 48.9 Å². The standard InChI is InChI=1S/C24H25N3O6/c1-15-10-12-25(13-11-15)22-21(16-4-6-17(7-5-16)27(30)31)23(28)26(24(22)29)19-9-8-18(32-2)14-20(19)33-3/h4-9,14-15H,10-13H2,1-3H3. The van der Waals surface area contributed by atoms with Crippen LogP contribution in [0.1, 0.15) is 25.3 Å². The van der Waals surface area contributed by atoms with E-state index in [1.54, 1.807) is 18.2 Å². The molecule has 0 spiro atoms. The maximum Gasteiger partial charge on any atom is 0.282 e. The number of ether oxygens (including phenoxy) is 2. The third-order valence-corrected chi connectivity index (χ3v) is 6.15. The number of rotatable bonds is 6. The first-order valence-electron chi connectivity index (χ1n) is 10.7. The minimum atomic E-state index is -0.499. The number of amides is 2. The predicted octanol–water partition coefficient (Wildman–Crippen LogP) is 3.63. The molecule has 0 bridgehead atoms. The van der Waals surface area contributed by atoms with Crippen molar-refractivity contribution in [2.75, 3.05) is 32.2 Å². The number of nitro groups is 1. The van der Waals surface area contributed by atoms with Crippen LogP contribution in [0.25, 0.3) is 5.57 Å². The van der Waals surface area contributed by atoms with Gasteiger partial charge in [-0.2, -0.15) is 0 Å². The van der Waals surface area contributed by atoms with Crippen molar-refractivity contribution >= 4 is 28.8 Å². The summed E-state index contributed by atoms with van der Waals surface area (Å²) in [7, 11) is 2.98. The molecule has 9 heteroatoms. The highest BCUT2D eigenvalue weighted by atomic mass is 16.6. The van der Waals surface area contributed by atoms with Gasteiger partial charge in [-0.1, -0.05) is 6.92 Å². The van der Waals surface area contributed by atoms with Gasteiger partial charge in [0.25, 0.3) is 17.5 Å². The lowest BCUT2D eigenvalue weighted by Crippen LogP contribution is -2.38. The van der Waals surface area contributed by atoms with Gasteiger partial charge in [0.2, 0.25) is 0 Å². The molecule has 0 radical (unpaired) electrons. The Morgan fingerprint density at radius 3 is 2.21 bits per heavy atom. The number of hydrogen-bond donors (Lipinski definition) is 0. The number of methoxy groups -OCH3 is 2. The van der Waals surface area contributed by atoms with Crippen molar-refractivity contribution in [3.05, 3.63) is 63.8 Å². The highest BCUT2D eigenvalue weighted by Gasteiger charge is 2.44. The van der Waals surface area contributed by atoms with Gasteiger partial charge in [0.05, 0.1) is 30.4 Å². The number of nitrogens with zero attached hydrogens (tertiary/aromatic N) is 3. The Balaban J connectivity index is 1.82. The lowest BCUT2D eigenvalue weighted by molar-refractivity contribution is -0.384. The van der Waals surface area contributed by atoms with Crippen molar-refractivity contribution in [3.63, 3.8) is 0 Å². The summed E-state index contributed by atoms with van der Waals surface area (Å²) in [5.41, 5.74) is 1.25. The molecule has 1 saturated heterocycles.